The lowest BCUT2D eigenvalue weighted by atomic mass is 10.0. The number of aryl methyl sites for hydroxylation is 2. The molecule has 0 saturated carbocycles. The topological polar surface area (TPSA) is 110 Å². The molecule has 1 atom stereocenters. The van der Waals surface area contributed by atoms with Gasteiger partial charge in [0, 0.05) is 18.8 Å². The lowest BCUT2D eigenvalue weighted by Crippen LogP contribution is -2.44. The van der Waals surface area contributed by atoms with Crippen LogP contribution in [0.15, 0.2) is 56.6 Å². The van der Waals surface area contributed by atoms with E-state index in [1.165, 1.54) is 29.8 Å². The fourth-order valence-corrected chi connectivity index (χ4v) is 4.39. The highest BCUT2D eigenvalue weighted by Gasteiger charge is 2.27. The van der Waals surface area contributed by atoms with Crippen molar-refractivity contribution in [2.45, 2.75) is 38.1 Å². The van der Waals surface area contributed by atoms with Crippen LogP contribution in [0.25, 0.3) is 11.1 Å². The maximum atomic E-state index is 13.0. The summed E-state index contributed by atoms with van der Waals surface area (Å²) in [5.41, 5.74) is 2.22. The number of benzene rings is 2. The van der Waals surface area contributed by atoms with Gasteiger partial charge >= 0.3 is 5.76 Å². The molecule has 1 amide bonds. The molecule has 1 aromatic heterocycles. The van der Waals surface area contributed by atoms with Crippen molar-refractivity contribution in [3.63, 3.8) is 0 Å². The second kappa shape index (κ2) is 8.45. The van der Waals surface area contributed by atoms with Gasteiger partial charge in [0.1, 0.15) is 6.04 Å². The highest BCUT2D eigenvalue weighted by molar-refractivity contribution is 7.89. The average Bonchev–Trinajstić information content (AvgIpc) is 2.94. The van der Waals surface area contributed by atoms with Gasteiger partial charge in [0.25, 0.3) is 0 Å². The quantitative estimate of drug-likeness (QED) is 0.598. The number of aromatic nitrogens is 1. The number of nitrogens with zero attached hydrogens (tertiary/aromatic N) is 1. The van der Waals surface area contributed by atoms with Crippen molar-refractivity contribution in [2.75, 3.05) is 5.32 Å². The number of carbonyl (C=O) groups is 1. The molecule has 0 spiro atoms. The SMILES string of the molecule is Cc1cccc(NC(=O)[C@@H](CC(C)C)NS(=O)(=O)c2ccc3c(c2)oc(=O)n3C)c1. The van der Waals surface area contributed by atoms with Gasteiger partial charge in [-0.2, -0.15) is 4.72 Å². The third kappa shape index (κ3) is 4.80. The van der Waals surface area contributed by atoms with Crippen LogP contribution >= 0.6 is 0 Å². The number of oxazole rings is 1. The minimum Gasteiger partial charge on any atom is -0.408 e. The summed E-state index contributed by atoms with van der Waals surface area (Å²) in [6.45, 7) is 5.72. The highest BCUT2D eigenvalue weighted by Crippen LogP contribution is 2.20. The first kappa shape index (κ1) is 21.8. The first-order valence-electron chi connectivity index (χ1n) is 9.56. The molecule has 2 N–H and O–H groups in total. The van der Waals surface area contributed by atoms with Crippen molar-refractivity contribution in [2.24, 2.45) is 13.0 Å². The number of amides is 1. The van der Waals surface area contributed by atoms with Crippen LogP contribution in [0.3, 0.4) is 0 Å². The molecule has 0 aliphatic heterocycles. The Morgan fingerprint density at radius 3 is 2.57 bits per heavy atom. The molecule has 0 radical (unpaired) electrons. The monoisotopic (exact) mass is 431 g/mol. The number of carbonyl (C=O) groups excluding carboxylic acids is 1. The molecule has 8 nitrogen and oxygen atoms in total. The van der Waals surface area contributed by atoms with Crippen LogP contribution < -0.4 is 15.8 Å². The van der Waals surface area contributed by atoms with E-state index in [1.807, 2.05) is 39.0 Å². The van der Waals surface area contributed by atoms with Crippen LogP contribution in [0.2, 0.25) is 0 Å². The smallest absolute Gasteiger partial charge is 0.408 e. The van der Waals surface area contributed by atoms with Gasteiger partial charge in [-0.1, -0.05) is 26.0 Å². The van der Waals surface area contributed by atoms with Crippen LogP contribution in [0.5, 0.6) is 0 Å². The van der Waals surface area contributed by atoms with Crippen molar-refractivity contribution in [3.8, 4) is 0 Å². The zero-order chi connectivity index (χ0) is 22.1. The van der Waals surface area contributed by atoms with Gasteiger partial charge in [0.2, 0.25) is 15.9 Å². The van der Waals surface area contributed by atoms with E-state index in [9.17, 15) is 18.0 Å². The number of fused-ring (bicyclic) bond motifs is 1. The zero-order valence-electron chi connectivity index (χ0n) is 17.3. The highest BCUT2D eigenvalue weighted by atomic mass is 32.2. The Hall–Kier alpha value is -2.91. The molecule has 160 valence electrons. The molecule has 0 aliphatic rings. The number of hydrogen-bond acceptors (Lipinski definition) is 5. The van der Waals surface area contributed by atoms with E-state index in [4.69, 9.17) is 4.42 Å². The maximum absolute atomic E-state index is 13.0. The largest absolute Gasteiger partial charge is 0.419 e. The maximum Gasteiger partial charge on any atom is 0.419 e. The Kier molecular flexibility index (Phi) is 6.14. The second-order valence-electron chi connectivity index (χ2n) is 7.72. The van der Waals surface area contributed by atoms with Crippen molar-refractivity contribution in [1.29, 1.82) is 0 Å². The van der Waals surface area contributed by atoms with Crippen molar-refractivity contribution in [3.05, 3.63) is 58.6 Å². The lowest BCUT2D eigenvalue weighted by molar-refractivity contribution is -0.118. The molecule has 3 aromatic rings. The molecule has 9 heteroatoms. The fraction of sp³-hybridized carbons (Fsp3) is 0.333. The Labute approximate surface area is 174 Å². The third-order valence-electron chi connectivity index (χ3n) is 4.68. The Balaban J connectivity index is 1.87. The summed E-state index contributed by atoms with van der Waals surface area (Å²) >= 11 is 0. The lowest BCUT2D eigenvalue weighted by Gasteiger charge is -2.20. The minimum atomic E-state index is -4.03. The summed E-state index contributed by atoms with van der Waals surface area (Å²) < 4.78 is 34.8. The minimum absolute atomic E-state index is 0.0792. The molecule has 0 unspecified atom stereocenters. The first-order chi connectivity index (χ1) is 14.1. The molecule has 2 aromatic carbocycles. The molecule has 0 bridgehead atoms. The van der Waals surface area contributed by atoms with E-state index in [-0.39, 0.29) is 16.4 Å². The summed E-state index contributed by atoms with van der Waals surface area (Å²) in [5, 5.41) is 2.77. The molecular formula is C21H25N3O5S. The number of sulfonamides is 1. The average molecular weight is 432 g/mol. The van der Waals surface area contributed by atoms with Crippen molar-refractivity contribution in [1.82, 2.24) is 9.29 Å². The fourth-order valence-electron chi connectivity index (χ4n) is 3.17. The van der Waals surface area contributed by atoms with Crippen LogP contribution in [0.4, 0.5) is 5.69 Å². The van der Waals surface area contributed by atoms with E-state index in [2.05, 4.69) is 10.0 Å². The molecular weight excluding hydrogens is 406 g/mol. The van der Waals surface area contributed by atoms with Gasteiger partial charge in [0.15, 0.2) is 5.58 Å². The summed E-state index contributed by atoms with van der Waals surface area (Å²) in [6.07, 6.45) is 0.319. The standard InChI is InChI=1S/C21H25N3O5S/c1-13(2)10-17(20(25)22-15-7-5-6-14(3)11-15)23-30(27,28)16-8-9-18-19(12-16)29-21(26)24(18)4/h5-9,11-13,17,23H,10H2,1-4H3,(H,22,25)/t17-/m1/s1. The predicted molar refractivity (Wildman–Crippen MR) is 115 cm³/mol. The van der Waals surface area contributed by atoms with E-state index in [0.717, 1.165) is 5.56 Å². The molecule has 0 aliphatic carbocycles. The van der Waals surface area contributed by atoms with Crippen LogP contribution in [0.1, 0.15) is 25.8 Å². The van der Waals surface area contributed by atoms with E-state index >= 15 is 0 Å². The molecule has 1 heterocycles. The summed E-state index contributed by atoms with van der Waals surface area (Å²) in [4.78, 5) is 24.4. The Morgan fingerprint density at radius 2 is 1.90 bits per heavy atom. The van der Waals surface area contributed by atoms with Crippen molar-refractivity contribution < 1.29 is 17.6 Å². The van der Waals surface area contributed by atoms with Gasteiger partial charge in [-0.05, 0) is 49.1 Å². The van der Waals surface area contributed by atoms with Crippen LogP contribution in [-0.4, -0.2) is 24.9 Å². The van der Waals surface area contributed by atoms with Crippen molar-refractivity contribution >= 4 is 32.7 Å². The summed E-state index contributed by atoms with van der Waals surface area (Å²) in [5.74, 6) is -0.941. The Bertz CT molecular complexity index is 1240. The number of hydrogen-bond donors (Lipinski definition) is 2. The van der Waals surface area contributed by atoms with Gasteiger partial charge in [0.05, 0.1) is 10.4 Å². The van der Waals surface area contributed by atoms with Gasteiger partial charge in [-0.3, -0.25) is 9.36 Å². The molecule has 30 heavy (non-hydrogen) atoms. The second-order valence-corrected chi connectivity index (χ2v) is 9.43. The van der Waals surface area contributed by atoms with Gasteiger partial charge in [-0.25, -0.2) is 13.2 Å². The third-order valence-corrected chi connectivity index (χ3v) is 6.15. The number of rotatable bonds is 7. The van der Waals surface area contributed by atoms with E-state index in [1.54, 1.807) is 6.07 Å². The van der Waals surface area contributed by atoms with Gasteiger partial charge in [-0.15, -0.1) is 0 Å². The predicted octanol–water partition coefficient (Wildman–Crippen LogP) is 2.77. The Morgan fingerprint density at radius 1 is 1.17 bits per heavy atom. The summed E-state index contributed by atoms with van der Waals surface area (Å²) in [6, 6.07) is 10.5. The van der Waals surface area contributed by atoms with E-state index < -0.39 is 27.7 Å². The molecule has 0 saturated heterocycles. The number of anilines is 1. The first-order valence-corrected chi connectivity index (χ1v) is 11.0. The van der Waals surface area contributed by atoms with Crippen LogP contribution in [-0.2, 0) is 21.9 Å². The molecule has 3 rings (SSSR count). The zero-order valence-corrected chi connectivity index (χ0v) is 18.1. The van der Waals surface area contributed by atoms with Crippen LogP contribution in [0, 0.1) is 12.8 Å². The van der Waals surface area contributed by atoms with E-state index in [0.29, 0.717) is 17.6 Å². The molecule has 0 fully saturated rings. The number of nitrogens with one attached hydrogen (secondary N) is 2. The van der Waals surface area contributed by atoms with Gasteiger partial charge < -0.3 is 9.73 Å². The summed E-state index contributed by atoms with van der Waals surface area (Å²) in [7, 11) is -2.49. The normalized spacial score (nSPS) is 13.0.